The van der Waals surface area contributed by atoms with Gasteiger partial charge in [-0.1, -0.05) is 47.0 Å². The van der Waals surface area contributed by atoms with Gasteiger partial charge in [0, 0.05) is 17.3 Å². The van der Waals surface area contributed by atoms with E-state index in [-0.39, 0.29) is 11.5 Å². The summed E-state index contributed by atoms with van der Waals surface area (Å²) in [6, 6.07) is 0. The molecule has 0 spiro atoms. The van der Waals surface area contributed by atoms with E-state index in [0.717, 1.165) is 35.9 Å². The average molecular weight is 330 g/mol. The highest BCUT2D eigenvalue weighted by atomic mass is 79.9. The molecule has 1 rings (SSSR count). The van der Waals surface area contributed by atoms with E-state index >= 15 is 0 Å². The van der Waals surface area contributed by atoms with Crippen LogP contribution in [0, 0.1) is 12.3 Å². The van der Waals surface area contributed by atoms with Crippen molar-refractivity contribution in [2.45, 2.75) is 44.1 Å². The van der Waals surface area contributed by atoms with E-state index in [1.165, 1.54) is 0 Å². The minimum absolute atomic E-state index is 0.0314. The minimum Gasteiger partial charge on any atom is -0.492 e. The molecule has 18 heavy (non-hydrogen) atoms. The number of rotatable bonds is 3. The molecule has 0 saturated heterocycles. The molecule has 0 aromatic heterocycles. The van der Waals surface area contributed by atoms with Crippen molar-refractivity contribution in [3.8, 4) is 12.3 Å². The van der Waals surface area contributed by atoms with Gasteiger partial charge < -0.3 is 4.74 Å². The molecule has 0 aliphatic carbocycles. The summed E-state index contributed by atoms with van der Waals surface area (Å²) in [5.41, 5.74) is 0. The summed E-state index contributed by atoms with van der Waals surface area (Å²) in [6.45, 7) is 2.09. The predicted octanol–water partition coefficient (Wildman–Crippen LogP) is 4.93. The van der Waals surface area contributed by atoms with Crippen molar-refractivity contribution in [1.29, 1.82) is 0 Å². The Balaban J connectivity index is 2.82. The Bertz CT molecular complexity index is 390. The lowest BCUT2D eigenvalue weighted by molar-refractivity contribution is 0.108. The van der Waals surface area contributed by atoms with Crippen LogP contribution in [0.15, 0.2) is 34.5 Å². The number of ether oxygens (including phenoxy) is 1. The summed E-state index contributed by atoms with van der Waals surface area (Å²) >= 11 is 9.91. The zero-order chi connectivity index (χ0) is 13.4. The van der Waals surface area contributed by atoms with Crippen LogP contribution in [0.4, 0.5) is 0 Å². The molecule has 1 heterocycles. The van der Waals surface area contributed by atoms with Crippen molar-refractivity contribution in [3.63, 3.8) is 0 Å². The second-order valence-electron chi connectivity index (χ2n) is 4.07. The van der Waals surface area contributed by atoms with E-state index < -0.39 is 0 Å². The number of alkyl halides is 1. The van der Waals surface area contributed by atoms with Crippen molar-refractivity contribution in [1.82, 2.24) is 0 Å². The maximum atomic E-state index is 6.35. The molecule has 1 aliphatic heterocycles. The molecule has 0 aromatic rings. The Labute approximate surface area is 123 Å². The summed E-state index contributed by atoms with van der Waals surface area (Å²) in [4.78, 5) is 0. The first-order valence-electron chi connectivity index (χ1n) is 6.13. The zero-order valence-corrected chi connectivity index (χ0v) is 12.9. The molecule has 2 atom stereocenters. The topological polar surface area (TPSA) is 9.23 Å². The molecule has 1 nitrogen and oxygen atoms in total. The highest BCUT2D eigenvalue weighted by Crippen LogP contribution is 2.28. The molecule has 0 bridgehead atoms. The highest BCUT2D eigenvalue weighted by molar-refractivity contribution is 9.11. The Kier molecular flexibility index (Phi) is 7.23. The minimum atomic E-state index is -0.0321. The van der Waals surface area contributed by atoms with Gasteiger partial charge in [0.15, 0.2) is 0 Å². The number of hydrogen-bond acceptors (Lipinski definition) is 1. The average Bonchev–Trinajstić information content (AvgIpc) is 2.37. The lowest BCUT2D eigenvalue weighted by Crippen LogP contribution is -2.25. The van der Waals surface area contributed by atoms with Gasteiger partial charge >= 0.3 is 0 Å². The van der Waals surface area contributed by atoms with Crippen LogP contribution in [0.3, 0.4) is 0 Å². The van der Waals surface area contributed by atoms with E-state index in [0.29, 0.717) is 0 Å². The van der Waals surface area contributed by atoms with Gasteiger partial charge in [0.05, 0.1) is 5.38 Å². The summed E-state index contributed by atoms with van der Waals surface area (Å²) < 4.78 is 7.13. The molecule has 1 aliphatic rings. The van der Waals surface area contributed by atoms with Gasteiger partial charge in [0.2, 0.25) is 0 Å². The Morgan fingerprint density at radius 2 is 2.44 bits per heavy atom. The maximum Gasteiger partial charge on any atom is 0.118 e. The van der Waals surface area contributed by atoms with Gasteiger partial charge in [-0.15, -0.1) is 18.0 Å². The van der Waals surface area contributed by atoms with E-state index in [9.17, 15) is 0 Å². The van der Waals surface area contributed by atoms with Crippen molar-refractivity contribution in [2.75, 3.05) is 0 Å². The quantitative estimate of drug-likeness (QED) is 0.405. The first kappa shape index (κ1) is 15.4. The Hall–Kier alpha value is -0.650. The first-order chi connectivity index (χ1) is 8.69. The summed E-state index contributed by atoms with van der Waals surface area (Å²) in [5, 5.41) is -0.0314. The third kappa shape index (κ3) is 4.92. The van der Waals surface area contributed by atoms with Crippen molar-refractivity contribution < 1.29 is 4.74 Å². The van der Waals surface area contributed by atoms with Crippen LogP contribution in [-0.2, 0) is 4.74 Å². The van der Waals surface area contributed by atoms with Crippen LogP contribution in [0.5, 0.6) is 0 Å². The molecule has 0 amide bonds. The molecule has 0 radical (unpaired) electrons. The predicted molar refractivity (Wildman–Crippen MR) is 81.7 cm³/mol. The third-order valence-electron chi connectivity index (χ3n) is 2.72. The normalized spacial score (nSPS) is 29.0. The van der Waals surface area contributed by atoms with Crippen LogP contribution < -0.4 is 0 Å². The molecule has 3 heteroatoms. The largest absolute Gasteiger partial charge is 0.492 e. The lowest BCUT2D eigenvalue weighted by atomic mass is 10.1. The summed E-state index contributed by atoms with van der Waals surface area (Å²) in [5.74, 6) is 3.45. The number of halogens is 2. The van der Waals surface area contributed by atoms with E-state index in [1.54, 1.807) is 6.08 Å². The monoisotopic (exact) mass is 328 g/mol. The van der Waals surface area contributed by atoms with Gasteiger partial charge in [-0.05, 0) is 18.9 Å². The van der Waals surface area contributed by atoms with Crippen molar-refractivity contribution >= 4 is 27.5 Å². The number of hydrogen-bond donors (Lipinski definition) is 0. The van der Waals surface area contributed by atoms with Crippen LogP contribution in [0.1, 0.15) is 32.6 Å². The highest BCUT2D eigenvalue weighted by Gasteiger charge is 2.22. The number of allylic oxidation sites excluding steroid dienone is 4. The van der Waals surface area contributed by atoms with Gasteiger partial charge in [-0.3, -0.25) is 0 Å². The smallest absolute Gasteiger partial charge is 0.118 e. The van der Waals surface area contributed by atoms with Crippen LogP contribution in [0.25, 0.3) is 0 Å². The van der Waals surface area contributed by atoms with Gasteiger partial charge in [-0.25, -0.2) is 0 Å². The van der Waals surface area contributed by atoms with Gasteiger partial charge in [0.1, 0.15) is 11.9 Å². The van der Waals surface area contributed by atoms with E-state index in [1.807, 2.05) is 6.08 Å². The SMILES string of the molecule is C#C/C=C/CC1O/C(=C(\Br)CC)C/C=C\CC1Cl. The maximum absolute atomic E-state index is 6.35. The fourth-order valence-corrected chi connectivity index (χ4v) is 2.22. The molecule has 98 valence electrons. The van der Waals surface area contributed by atoms with Crippen LogP contribution in [0.2, 0.25) is 0 Å². The third-order valence-corrected chi connectivity index (χ3v) is 4.19. The van der Waals surface area contributed by atoms with Crippen molar-refractivity contribution in [2.24, 2.45) is 0 Å². The Morgan fingerprint density at radius 3 is 3.11 bits per heavy atom. The fraction of sp³-hybridized carbons (Fsp3) is 0.467. The van der Waals surface area contributed by atoms with Crippen molar-refractivity contribution in [3.05, 3.63) is 34.5 Å². The molecule has 0 aromatic carbocycles. The fourth-order valence-electron chi connectivity index (χ4n) is 1.71. The molecular formula is C15H18BrClO. The second-order valence-corrected chi connectivity index (χ2v) is 5.59. The lowest BCUT2D eigenvalue weighted by Gasteiger charge is -2.25. The molecule has 0 N–H and O–H groups in total. The summed E-state index contributed by atoms with van der Waals surface area (Å²) in [7, 11) is 0. The molecule has 2 unspecified atom stereocenters. The van der Waals surface area contributed by atoms with Gasteiger partial charge in [0.25, 0.3) is 0 Å². The molecule has 0 saturated carbocycles. The van der Waals surface area contributed by atoms with Crippen LogP contribution >= 0.6 is 27.5 Å². The Morgan fingerprint density at radius 1 is 1.67 bits per heavy atom. The number of terminal acetylenes is 1. The molecule has 0 fully saturated rings. The van der Waals surface area contributed by atoms with E-state index in [2.05, 4.69) is 40.9 Å². The molecular weight excluding hydrogens is 312 g/mol. The van der Waals surface area contributed by atoms with Crippen LogP contribution in [-0.4, -0.2) is 11.5 Å². The first-order valence-corrected chi connectivity index (χ1v) is 7.36. The zero-order valence-electron chi connectivity index (χ0n) is 10.5. The summed E-state index contributed by atoms with van der Waals surface area (Å²) in [6.07, 6.45) is 16.3. The van der Waals surface area contributed by atoms with Gasteiger partial charge in [-0.2, -0.15) is 0 Å². The van der Waals surface area contributed by atoms with E-state index in [4.69, 9.17) is 22.8 Å². The second kappa shape index (κ2) is 8.45. The standard InChI is InChI=1S/C15H18BrClO/c1-3-5-6-11-15-13(17)9-7-8-10-14(18-15)12(16)4-2/h1,5-8,13,15H,4,9-11H2,2H3/b6-5+,8-7-,14-12-.